The van der Waals surface area contributed by atoms with E-state index in [0.717, 1.165) is 11.3 Å². The van der Waals surface area contributed by atoms with Gasteiger partial charge in [0, 0.05) is 23.9 Å². The third-order valence-corrected chi connectivity index (χ3v) is 6.07. The maximum Gasteiger partial charge on any atom is 0.0243 e. The van der Waals surface area contributed by atoms with Crippen molar-refractivity contribution in [3.63, 3.8) is 0 Å². The van der Waals surface area contributed by atoms with Gasteiger partial charge in [0.2, 0.25) is 0 Å². The molecule has 0 aromatic heterocycles. The molecule has 0 amide bonds. The van der Waals surface area contributed by atoms with Crippen LogP contribution in [-0.2, 0) is 0 Å². The highest BCUT2D eigenvalue weighted by atomic mass is 32.2. The van der Waals surface area contributed by atoms with Gasteiger partial charge in [0.05, 0.1) is 0 Å². The minimum atomic E-state index is 0.367. The summed E-state index contributed by atoms with van der Waals surface area (Å²) in [5.41, 5.74) is 0.367. The molecule has 1 aliphatic carbocycles. The molecule has 112 valence electrons. The largest absolute Gasteiger partial charge is 0.312 e. The Labute approximate surface area is 124 Å². The van der Waals surface area contributed by atoms with E-state index in [1.54, 1.807) is 0 Å². The lowest BCUT2D eigenvalue weighted by atomic mass is 9.85. The Morgan fingerprint density at radius 1 is 1.11 bits per heavy atom. The minimum Gasteiger partial charge on any atom is -0.312 e. The van der Waals surface area contributed by atoms with Gasteiger partial charge in [-0.3, -0.25) is 4.90 Å². The third kappa shape index (κ3) is 4.12. The first-order chi connectivity index (χ1) is 9.02. The summed E-state index contributed by atoms with van der Waals surface area (Å²) >= 11 is 2.10. The molecule has 1 aliphatic heterocycles. The number of hydrogen-bond donors (Lipinski definition) is 1. The fraction of sp³-hybridized carbons (Fsp3) is 1.00. The summed E-state index contributed by atoms with van der Waals surface area (Å²) in [7, 11) is 0. The maximum absolute atomic E-state index is 3.77. The molecule has 2 rings (SSSR count). The normalized spacial score (nSPS) is 35.1. The lowest BCUT2D eigenvalue weighted by Gasteiger charge is -2.42. The van der Waals surface area contributed by atoms with Crippen molar-refractivity contribution >= 4 is 11.8 Å². The average Bonchev–Trinajstić information content (AvgIpc) is 2.64. The Kier molecular flexibility index (Phi) is 5.62. The molecule has 1 N–H and O–H groups in total. The van der Waals surface area contributed by atoms with Crippen molar-refractivity contribution in [2.75, 3.05) is 25.9 Å². The molecule has 19 heavy (non-hydrogen) atoms. The van der Waals surface area contributed by atoms with E-state index < -0.39 is 0 Å². The number of hydrogen-bond acceptors (Lipinski definition) is 3. The highest BCUT2D eigenvalue weighted by molar-refractivity contribution is 7.99. The van der Waals surface area contributed by atoms with Gasteiger partial charge in [-0.05, 0) is 44.0 Å². The molecule has 0 aromatic carbocycles. The predicted molar refractivity (Wildman–Crippen MR) is 87.0 cm³/mol. The SMILES string of the molecule is CSC1CCCCC1N1CCCNC(C(C)(C)C)C1. The molecule has 0 radical (unpaired) electrons. The van der Waals surface area contributed by atoms with Gasteiger partial charge in [-0.2, -0.15) is 11.8 Å². The van der Waals surface area contributed by atoms with Crippen LogP contribution in [0.5, 0.6) is 0 Å². The topological polar surface area (TPSA) is 15.3 Å². The van der Waals surface area contributed by atoms with Crippen LogP contribution in [0, 0.1) is 5.41 Å². The van der Waals surface area contributed by atoms with Crippen LogP contribution in [0.15, 0.2) is 0 Å². The van der Waals surface area contributed by atoms with E-state index in [-0.39, 0.29) is 0 Å². The van der Waals surface area contributed by atoms with Gasteiger partial charge < -0.3 is 5.32 Å². The zero-order valence-corrected chi connectivity index (χ0v) is 14.1. The molecule has 0 spiro atoms. The first-order valence-electron chi connectivity index (χ1n) is 8.02. The highest BCUT2D eigenvalue weighted by Gasteiger charge is 2.34. The van der Waals surface area contributed by atoms with Crippen LogP contribution in [0.3, 0.4) is 0 Å². The molecule has 3 heteroatoms. The van der Waals surface area contributed by atoms with Gasteiger partial charge in [0.15, 0.2) is 0 Å². The van der Waals surface area contributed by atoms with E-state index >= 15 is 0 Å². The molecular formula is C16H32N2S. The highest BCUT2D eigenvalue weighted by Crippen LogP contribution is 2.32. The number of nitrogens with zero attached hydrogens (tertiary/aromatic N) is 1. The van der Waals surface area contributed by atoms with E-state index in [4.69, 9.17) is 0 Å². The number of rotatable bonds is 2. The number of nitrogens with one attached hydrogen (secondary N) is 1. The standard InChI is InChI=1S/C16H32N2S/c1-16(2,3)15-12-18(11-7-10-17-15)13-8-5-6-9-14(13)19-4/h13-15,17H,5-12H2,1-4H3. The second kappa shape index (κ2) is 6.82. The van der Waals surface area contributed by atoms with Crippen LogP contribution in [0.2, 0.25) is 0 Å². The Balaban J connectivity index is 2.04. The monoisotopic (exact) mass is 284 g/mol. The van der Waals surface area contributed by atoms with E-state index in [9.17, 15) is 0 Å². The fourth-order valence-corrected chi connectivity index (χ4v) is 4.62. The second-order valence-corrected chi connectivity index (χ2v) is 8.42. The Bertz CT molecular complexity index is 274. The number of thioether (sulfide) groups is 1. The van der Waals surface area contributed by atoms with Gasteiger partial charge in [-0.15, -0.1) is 0 Å². The molecule has 1 heterocycles. The molecule has 1 saturated carbocycles. The van der Waals surface area contributed by atoms with Crippen molar-refractivity contribution in [1.82, 2.24) is 10.2 Å². The van der Waals surface area contributed by atoms with Crippen molar-refractivity contribution in [2.24, 2.45) is 5.41 Å². The molecule has 2 fully saturated rings. The summed E-state index contributed by atoms with van der Waals surface area (Å²) in [6.45, 7) is 10.9. The summed E-state index contributed by atoms with van der Waals surface area (Å²) in [5, 5.41) is 4.64. The smallest absolute Gasteiger partial charge is 0.0243 e. The zero-order valence-electron chi connectivity index (χ0n) is 13.2. The summed E-state index contributed by atoms with van der Waals surface area (Å²) in [6.07, 6.45) is 9.34. The Morgan fingerprint density at radius 2 is 1.84 bits per heavy atom. The summed E-state index contributed by atoms with van der Waals surface area (Å²) < 4.78 is 0. The van der Waals surface area contributed by atoms with Crippen LogP contribution < -0.4 is 5.32 Å². The van der Waals surface area contributed by atoms with Crippen LogP contribution in [0.1, 0.15) is 52.9 Å². The van der Waals surface area contributed by atoms with E-state index in [2.05, 4.69) is 49.0 Å². The molecule has 2 aliphatic rings. The first-order valence-corrected chi connectivity index (χ1v) is 9.31. The fourth-order valence-electron chi connectivity index (χ4n) is 3.60. The summed E-state index contributed by atoms with van der Waals surface area (Å²) in [5.74, 6) is 0. The van der Waals surface area contributed by atoms with Gasteiger partial charge in [-0.1, -0.05) is 33.6 Å². The van der Waals surface area contributed by atoms with Crippen molar-refractivity contribution < 1.29 is 0 Å². The van der Waals surface area contributed by atoms with Crippen LogP contribution >= 0.6 is 11.8 Å². The van der Waals surface area contributed by atoms with Crippen LogP contribution in [-0.4, -0.2) is 48.1 Å². The zero-order chi connectivity index (χ0) is 13.9. The van der Waals surface area contributed by atoms with Crippen molar-refractivity contribution in [3.05, 3.63) is 0 Å². The maximum atomic E-state index is 3.77. The van der Waals surface area contributed by atoms with E-state index in [1.165, 1.54) is 51.7 Å². The van der Waals surface area contributed by atoms with Crippen LogP contribution in [0.25, 0.3) is 0 Å². The molecule has 1 saturated heterocycles. The van der Waals surface area contributed by atoms with Gasteiger partial charge in [0.1, 0.15) is 0 Å². The lowest BCUT2D eigenvalue weighted by Crippen LogP contribution is -2.51. The van der Waals surface area contributed by atoms with Gasteiger partial charge in [-0.25, -0.2) is 0 Å². The lowest BCUT2D eigenvalue weighted by molar-refractivity contribution is 0.131. The third-order valence-electron chi connectivity index (χ3n) is 4.91. The molecule has 0 aromatic rings. The van der Waals surface area contributed by atoms with Crippen molar-refractivity contribution in [3.8, 4) is 0 Å². The van der Waals surface area contributed by atoms with E-state index in [0.29, 0.717) is 11.5 Å². The minimum absolute atomic E-state index is 0.367. The van der Waals surface area contributed by atoms with Gasteiger partial charge >= 0.3 is 0 Å². The molecule has 3 unspecified atom stereocenters. The second-order valence-electron chi connectivity index (χ2n) is 7.35. The first kappa shape index (κ1) is 15.7. The molecular weight excluding hydrogens is 252 g/mol. The quantitative estimate of drug-likeness (QED) is 0.837. The average molecular weight is 285 g/mol. The molecule has 0 bridgehead atoms. The van der Waals surface area contributed by atoms with Gasteiger partial charge in [0.25, 0.3) is 0 Å². The van der Waals surface area contributed by atoms with Crippen molar-refractivity contribution in [1.29, 1.82) is 0 Å². The Hall–Kier alpha value is 0.270. The van der Waals surface area contributed by atoms with Crippen molar-refractivity contribution in [2.45, 2.75) is 70.2 Å². The molecule has 2 nitrogen and oxygen atoms in total. The predicted octanol–water partition coefficient (Wildman–Crippen LogP) is 3.37. The van der Waals surface area contributed by atoms with E-state index in [1.807, 2.05) is 0 Å². The Morgan fingerprint density at radius 3 is 2.53 bits per heavy atom. The summed E-state index contributed by atoms with van der Waals surface area (Å²) in [4.78, 5) is 2.82. The van der Waals surface area contributed by atoms with Crippen LogP contribution in [0.4, 0.5) is 0 Å². The summed E-state index contributed by atoms with van der Waals surface area (Å²) in [6, 6.07) is 1.47. The molecule has 3 atom stereocenters.